The Morgan fingerprint density at radius 2 is 1.65 bits per heavy atom. The molecule has 1 heterocycles. The number of methoxy groups -OCH3 is 1. The number of nitrogens with two attached hydrogens (primary N) is 2. The van der Waals surface area contributed by atoms with Crippen molar-refractivity contribution in [3.63, 3.8) is 0 Å². The van der Waals surface area contributed by atoms with E-state index in [1.165, 1.54) is 12.1 Å². The Hall–Kier alpha value is -4.44. The van der Waals surface area contributed by atoms with Crippen molar-refractivity contribution in [2.75, 3.05) is 12.4 Å². The average molecular weight is 475 g/mol. The van der Waals surface area contributed by atoms with Gasteiger partial charge in [-0.2, -0.15) is 8.42 Å². The number of benzene rings is 3. The number of nitrogens with zero attached hydrogens (tertiary/aromatic N) is 3. The molecule has 3 aromatic carbocycles. The van der Waals surface area contributed by atoms with Crippen molar-refractivity contribution in [2.45, 2.75) is 4.90 Å². The lowest BCUT2D eigenvalue weighted by Crippen LogP contribution is -2.24. The van der Waals surface area contributed by atoms with Gasteiger partial charge in [0.05, 0.1) is 17.5 Å². The molecular weight excluding hydrogens is 452 g/mol. The van der Waals surface area contributed by atoms with Gasteiger partial charge in [-0.3, -0.25) is 0 Å². The van der Waals surface area contributed by atoms with Crippen molar-refractivity contribution < 1.29 is 13.2 Å². The number of rotatable bonds is 7. The van der Waals surface area contributed by atoms with Crippen LogP contribution >= 0.6 is 0 Å². The number of ether oxygens (including phenoxy) is 1. The van der Waals surface area contributed by atoms with Crippen molar-refractivity contribution in [1.29, 1.82) is 0 Å². The fourth-order valence-electron chi connectivity index (χ4n) is 3.19. The Kier molecular flexibility index (Phi) is 6.42. The fourth-order valence-corrected chi connectivity index (χ4v) is 4.05. The minimum Gasteiger partial charge on any atom is -0.497 e. The molecule has 4 aromatic rings. The van der Waals surface area contributed by atoms with Crippen molar-refractivity contribution in [1.82, 2.24) is 9.97 Å². The third kappa shape index (κ3) is 5.30. The molecule has 9 nitrogen and oxygen atoms in total. The molecule has 5 N–H and O–H groups in total. The first kappa shape index (κ1) is 22.7. The first-order valence-electron chi connectivity index (χ1n) is 10.2. The van der Waals surface area contributed by atoms with E-state index in [-0.39, 0.29) is 4.90 Å². The Labute approximate surface area is 196 Å². The van der Waals surface area contributed by atoms with Crippen LogP contribution in [0.3, 0.4) is 0 Å². The Bertz CT molecular complexity index is 1480. The quantitative estimate of drug-likeness (QED) is 0.272. The van der Waals surface area contributed by atoms with Gasteiger partial charge in [-0.05, 0) is 60.2 Å². The highest BCUT2D eigenvalue weighted by Crippen LogP contribution is 2.25. The summed E-state index contributed by atoms with van der Waals surface area (Å²) in [6.45, 7) is 0. The van der Waals surface area contributed by atoms with E-state index in [2.05, 4.69) is 19.7 Å². The van der Waals surface area contributed by atoms with Gasteiger partial charge in [0.2, 0.25) is 5.96 Å². The molecule has 0 bridgehead atoms. The van der Waals surface area contributed by atoms with Crippen LogP contribution in [0.5, 0.6) is 5.75 Å². The van der Waals surface area contributed by atoms with E-state index in [9.17, 15) is 8.42 Å². The summed E-state index contributed by atoms with van der Waals surface area (Å²) in [5, 5.41) is 4.06. The van der Waals surface area contributed by atoms with Crippen molar-refractivity contribution >= 4 is 50.5 Å². The highest BCUT2D eigenvalue weighted by Gasteiger charge is 2.13. The lowest BCUT2D eigenvalue weighted by molar-refractivity contribution is 0.415. The summed E-state index contributed by atoms with van der Waals surface area (Å²) in [7, 11) is -2.34. The molecule has 0 saturated heterocycles. The molecule has 4 rings (SSSR count). The molecule has 172 valence electrons. The zero-order chi connectivity index (χ0) is 24.1. The number of fused-ring (bicyclic) bond motifs is 1. The molecule has 0 radical (unpaired) electrons. The van der Waals surface area contributed by atoms with E-state index in [4.69, 9.17) is 16.2 Å². The maximum absolute atomic E-state index is 12.2. The second-order valence-corrected chi connectivity index (χ2v) is 8.80. The molecule has 0 amide bonds. The van der Waals surface area contributed by atoms with Gasteiger partial charge in [-0.1, -0.05) is 30.3 Å². The summed E-state index contributed by atoms with van der Waals surface area (Å²) >= 11 is 0. The van der Waals surface area contributed by atoms with E-state index in [1.807, 2.05) is 60.7 Å². The highest BCUT2D eigenvalue weighted by atomic mass is 32.2. The van der Waals surface area contributed by atoms with Crippen molar-refractivity contribution in [2.24, 2.45) is 15.9 Å². The predicted molar refractivity (Wildman–Crippen MR) is 134 cm³/mol. The molecule has 0 saturated carbocycles. The normalized spacial score (nSPS) is 11.4. The first-order chi connectivity index (χ1) is 16.3. The fraction of sp³-hybridized carbons (Fsp3) is 0.0417. The van der Waals surface area contributed by atoms with E-state index < -0.39 is 16.0 Å². The number of guanidine groups is 1. The van der Waals surface area contributed by atoms with E-state index in [0.717, 1.165) is 22.2 Å². The minimum absolute atomic E-state index is 0.0258. The SMILES string of the molecule is COc1ccc(/C=C/c2nc(Nc3ccc(S(=O)(=O)N=C(N)N)cc3)c3ccccc3n2)cc1. The van der Waals surface area contributed by atoms with E-state index in [1.54, 1.807) is 19.2 Å². The second kappa shape index (κ2) is 9.59. The van der Waals surface area contributed by atoms with Crippen molar-refractivity contribution in [3.8, 4) is 5.75 Å². The number of hydrogen-bond acceptors (Lipinski definition) is 6. The predicted octanol–water partition coefficient (Wildman–Crippen LogP) is 3.51. The molecule has 0 atom stereocenters. The standard InChI is InChI=1S/C24H22N6O3S/c1-33-18-11-6-16(7-12-18)8-15-22-28-21-5-3-2-4-20(21)23(29-22)27-17-9-13-19(14-10-17)34(31,32)30-24(25)26/h2-15H,1H3,(H4,25,26,30)(H,27,28,29)/b15-8+. The van der Waals surface area contributed by atoms with E-state index in [0.29, 0.717) is 17.3 Å². The monoisotopic (exact) mass is 474 g/mol. The van der Waals surface area contributed by atoms with Gasteiger partial charge < -0.3 is 21.5 Å². The Morgan fingerprint density at radius 3 is 2.32 bits per heavy atom. The Balaban J connectivity index is 1.64. The maximum Gasteiger partial charge on any atom is 0.285 e. The summed E-state index contributed by atoms with van der Waals surface area (Å²) in [5.74, 6) is 1.36. The number of aromatic nitrogens is 2. The molecular formula is C24H22N6O3S. The van der Waals surface area contributed by atoms with E-state index >= 15 is 0 Å². The summed E-state index contributed by atoms with van der Waals surface area (Å²) in [6.07, 6.45) is 3.74. The maximum atomic E-state index is 12.2. The summed E-state index contributed by atoms with van der Waals surface area (Å²) in [6, 6.07) is 21.3. The van der Waals surface area contributed by atoms with Crippen LogP contribution in [-0.2, 0) is 10.0 Å². The van der Waals surface area contributed by atoms with Crippen LogP contribution in [0.25, 0.3) is 23.1 Å². The molecule has 1 aromatic heterocycles. The highest BCUT2D eigenvalue weighted by molar-refractivity contribution is 7.90. The minimum atomic E-state index is -3.96. The molecule has 0 unspecified atom stereocenters. The van der Waals surface area contributed by atoms with Crippen LogP contribution in [-0.4, -0.2) is 31.5 Å². The molecule has 0 aliphatic carbocycles. The van der Waals surface area contributed by atoms with Crippen LogP contribution in [0.4, 0.5) is 11.5 Å². The number of hydrogen-bond donors (Lipinski definition) is 3. The lowest BCUT2D eigenvalue weighted by Gasteiger charge is -2.10. The summed E-state index contributed by atoms with van der Waals surface area (Å²) in [5.41, 5.74) is 12.8. The van der Waals surface area contributed by atoms with Gasteiger partial charge >= 0.3 is 0 Å². The molecule has 0 fully saturated rings. The van der Waals surface area contributed by atoms with Gasteiger partial charge in [-0.25, -0.2) is 9.97 Å². The van der Waals surface area contributed by atoms with Gasteiger partial charge in [0.1, 0.15) is 11.6 Å². The first-order valence-corrected chi connectivity index (χ1v) is 11.6. The average Bonchev–Trinajstić information content (AvgIpc) is 2.82. The zero-order valence-corrected chi connectivity index (χ0v) is 19.0. The lowest BCUT2D eigenvalue weighted by atomic mass is 10.2. The number of para-hydroxylation sites is 1. The zero-order valence-electron chi connectivity index (χ0n) is 18.2. The van der Waals surface area contributed by atoms with Crippen LogP contribution < -0.4 is 21.5 Å². The van der Waals surface area contributed by atoms with Crippen LogP contribution in [0.2, 0.25) is 0 Å². The topological polar surface area (TPSA) is 146 Å². The Morgan fingerprint density at radius 1 is 0.941 bits per heavy atom. The van der Waals surface area contributed by atoms with Crippen LogP contribution in [0.15, 0.2) is 82.1 Å². The van der Waals surface area contributed by atoms with Gasteiger partial charge in [-0.15, -0.1) is 4.40 Å². The third-order valence-corrected chi connectivity index (χ3v) is 6.12. The molecule has 0 aliphatic rings. The molecule has 0 spiro atoms. The van der Waals surface area contributed by atoms with Gasteiger partial charge in [0, 0.05) is 11.1 Å². The van der Waals surface area contributed by atoms with Crippen molar-refractivity contribution in [3.05, 3.63) is 84.2 Å². The van der Waals surface area contributed by atoms with Gasteiger partial charge in [0.25, 0.3) is 10.0 Å². The number of sulfonamides is 1. The third-order valence-electron chi connectivity index (χ3n) is 4.80. The largest absolute Gasteiger partial charge is 0.497 e. The van der Waals surface area contributed by atoms with Crippen LogP contribution in [0, 0.1) is 0 Å². The van der Waals surface area contributed by atoms with Gasteiger partial charge in [0.15, 0.2) is 5.82 Å². The molecule has 34 heavy (non-hydrogen) atoms. The number of anilines is 2. The summed E-state index contributed by atoms with van der Waals surface area (Å²) in [4.78, 5) is 9.24. The second-order valence-electron chi connectivity index (χ2n) is 7.19. The summed E-state index contributed by atoms with van der Waals surface area (Å²) < 4.78 is 32.8. The molecule has 0 aliphatic heterocycles. The number of nitrogens with one attached hydrogen (secondary N) is 1. The smallest absolute Gasteiger partial charge is 0.285 e. The molecule has 10 heteroatoms. The van der Waals surface area contributed by atoms with Crippen LogP contribution in [0.1, 0.15) is 11.4 Å².